The number of nitrogens with zero attached hydrogens (tertiary/aromatic N) is 4. The molecule has 2 aromatic carbocycles. The highest BCUT2D eigenvalue weighted by Gasteiger charge is 2.20. The second-order valence-electron chi connectivity index (χ2n) is 5.66. The van der Waals surface area contributed by atoms with Crippen LogP contribution in [0.2, 0.25) is 0 Å². The van der Waals surface area contributed by atoms with E-state index in [9.17, 15) is 18.1 Å². The molecule has 4 aromatic rings. The lowest BCUT2D eigenvalue weighted by Gasteiger charge is -2.07. The number of azo groups is 1. The SMILES string of the molecule is O=S(=O)(O)c1cc(N=Nc2cccc3ncccc23)c(O)c2ncccc12. The third-order valence-electron chi connectivity index (χ3n) is 3.97. The van der Waals surface area contributed by atoms with Crippen molar-refractivity contribution in [2.24, 2.45) is 10.2 Å². The van der Waals surface area contributed by atoms with Gasteiger partial charge in [0.15, 0.2) is 5.75 Å². The molecule has 0 bridgehead atoms. The highest BCUT2D eigenvalue weighted by Crippen LogP contribution is 2.38. The van der Waals surface area contributed by atoms with Crippen LogP contribution in [-0.4, -0.2) is 28.0 Å². The van der Waals surface area contributed by atoms with Crippen LogP contribution in [0.4, 0.5) is 11.4 Å². The zero-order valence-electron chi connectivity index (χ0n) is 13.7. The summed E-state index contributed by atoms with van der Waals surface area (Å²) in [6.07, 6.45) is 3.05. The van der Waals surface area contributed by atoms with E-state index in [1.807, 2.05) is 12.1 Å². The zero-order valence-corrected chi connectivity index (χ0v) is 14.5. The first kappa shape index (κ1) is 17.0. The summed E-state index contributed by atoms with van der Waals surface area (Å²) in [6, 6.07) is 12.9. The number of phenolic OH excluding ortho intramolecular Hbond substituents is 1. The molecule has 0 aliphatic rings. The first-order chi connectivity index (χ1) is 12.9. The summed E-state index contributed by atoms with van der Waals surface area (Å²) in [6.45, 7) is 0. The molecule has 0 amide bonds. The number of pyridine rings is 2. The lowest BCUT2D eigenvalue weighted by molar-refractivity contribution is 0.479. The molecule has 0 unspecified atom stereocenters. The third kappa shape index (κ3) is 3.09. The Bertz CT molecular complexity index is 1310. The van der Waals surface area contributed by atoms with Crippen molar-refractivity contribution >= 4 is 43.3 Å². The van der Waals surface area contributed by atoms with Crippen molar-refractivity contribution in [2.45, 2.75) is 4.90 Å². The highest BCUT2D eigenvalue weighted by molar-refractivity contribution is 7.86. The number of rotatable bonds is 3. The normalized spacial score (nSPS) is 12.2. The average molecular weight is 380 g/mol. The number of fused-ring (bicyclic) bond motifs is 2. The van der Waals surface area contributed by atoms with Gasteiger partial charge >= 0.3 is 0 Å². The van der Waals surface area contributed by atoms with Gasteiger partial charge in [0.1, 0.15) is 16.1 Å². The molecule has 134 valence electrons. The Balaban J connectivity index is 1.92. The fraction of sp³-hybridized carbons (Fsp3) is 0. The number of benzene rings is 2. The van der Waals surface area contributed by atoms with Crippen molar-refractivity contribution in [3.63, 3.8) is 0 Å². The Morgan fingerprint density at radius 3 is 2.33 bits per heavy atom. The van der Waals surface area contributed by atoms with E-state index in [2.05, 4.69) is 20.2 Å². The van der Waals surface area contributed by atoms with Gasteiger partial charge in [0.25, 0.3) is 10.1 Å². The van der Waals surface area contributed by atoms with E-state index >= 15 is 0 Å². The summed E-state index contributed by atoms with van der Waals surface area (Å²) in [5, 5.41) is 19.4. The molecule has 0 saturated carbocycles. The van der Waals surface area contributed by atoms with E-state index in [1.54, 1.807) is 24.4 Å². The molecule has 2 N–H and O–H groups in total. The van der Waals surface area contributed by atoms with Gasteiger partial charge in [-0.2, -0.15) is 8.42 Å². The van der Waals surface area contributed by atoms with Crippen LogP contribution in [0, 0.1) is 0 Å². The largest absolute Gasteiger partial charge is 0.504 e. The molecule has 9 heteroatoms. The van der Waals surface area contributed by atoms with Crippen LogP contribution >= 0.6 is 0 Å². The number of aromatic hydroxyl groups is 1. The standard InChI is InChI=1S/C18H12N4O4S/c23-18-15(10-16(27(24,25)26)12-5-3-9-20-17(12)18)22-21-14-7-1-6-13-11(14)4-2-8-19-13/h1-10,23H,(H,24,25,26). The molecule has 0 radical (unpaired) electrons. The molecular formula is C18H12N4O4S. The van der Waals surface area contributed by atoms with Crippen molar-refractivity contribution in [3.05, 3.63) is 60.9 Å². The van der Waals surface area contributed by atoms with Gasteiger partial charge < -0.3 is 5.11 Å². The van der Waals surface area contributed by atoms with Crippen molar-refractivity contribution in [1.29, 1.82) is 0 Å². The quantitative estimate of drug-likeness (QED) is 0.406. The minimum absolute atomic E-state index is 0.00108. The molecule has 4 rings (SSSR count). The first-order valence-electron chi connectivity index (χ1n) is 7.79. The molecule has 8 nitrogen and oxygen atoms in total. The molecule has 0 aliphatic carbocycles. The van der Waals surface area contributed by atoms with Crippen molar-refractivity contribution in [3.8, 4) is 5.75 Å². The molecule has 0 fully saturated rings. The predicted octanol–water partition coefficient (Wildman–Crippen LogP) is 4.15. The summed E-state index contributed by atoms with van der Waals surface area (Å²) in [4.78, 5) is 7.81. The highest BCUT2D eigenvalue weighted by atomic mass is 32.2. The lowest BCUT2D eigenvalue weighted by Crippen LogP contribution is -1.99. The van der Waals surface area contributed by atoms with Crippen LogP contribution in [-0.2, 0) is 10.1 Å². The van der Waals surface area contributed by atoms with E-state index in [4.69, 9.17) is 0 Å². The van der Waals surface area contributed by atoms with Crippen LogP contribution in [0.1, 0.15) is 0 Å². The summed E-state index contributed by atoms with van der Waals surface area (Å²) >= 11 is 0. The molecule has 2 aromatic heterocycles. The second-order valence-corrected chi connectivity index (χ2v) is 7.05. The Morgan fingerprint density at radius 1 is 0.852 bits per heavy atom. The number of aromatic nitrogens is 2. The summed E-state index contributed by atoms with van der Waals surface area (Å²) in [5.74, 6) is -0.333. The van der Waals surface area contributed by atoms with Crippen LogP contribution in [0.3, 0.4) is 0 Å². The van der Waals surface area contributed by atoms with Gasteiger partial charge in [-0.25, -0.2) is 0 Å². The van der Waals surface area contributed by atoms with Crippen molar-refractivity contribution in [2.75, 3.05) is 0 Å². The van der Waals surface area contributed by atoms with Gasteiger partial charge in [-0.15, -0.1) is 10.2 Å². The van der Waals surface area contributed by atoms with E-state index in [1.165, 1.54) is 18.3 Å². The Labute approximate surface area is 153 Å². The van der Waals surface area contributed by atoms with E-state index in [0.717, 1.165) is 17.0 Å². The smallest absolute Gasteiger partial charge is 0.295 e. The van der Waals surface area contributed by atoms with Crippen LogP contribution < -0.4 is 0 Å². The first-order valence-corrected chi connectivity index (χ1v) is 9.23. The fourth-order valence-corrected chi connectivity index (χ4v) is 3.46. The minimum Gasteiger partial charge on any atom is -0.504 e. The van der Waals surface area contributed by atoms with Crippen LogP contribution in [0.15, 0.2) is 76.0 Å². The minimum atomic E-state index is -4.55. The monoisotopic (exact) mass is 380 g/mol. The lowest BCUT2D eigenvalue weighted by atomic mass is 10.2. The molecular weight excluding hydrogens is 368 g/mol. The van der Waals surface area contributed by atoms with Crippen molar-refractivity contribution in [1.82, 2.24) is 9.97 Å². The Kier molecular flexibility index (Phi) is 4.02. The average Bonchev–Trinajstić information content (AvgIpc) is 2.66. The van der Waals surface area contributed by atoms with Gasteiger partial charge in [0, 0.05) is 23.2 Å². The van der Waals surface area contributed by atoms with E-state index in [-0.39, 0.29) is 22.3 Å². The maximum Gasteiger partial charge on any atom is 0.295 e. The third-order valence-corrected chi connectivity index (χ3v) is 4.87. The molecule has 0 saturated heterocycles. The van der Waals surface area contributed by atoms with Gasteiger partial charge in [0.05, 0.1) is 11.2 Å². The Hall–Kier alpha value is -3.43. The molecule has 27 heavy (non-hydrogen) atoms. The van der Waals surface area contributed by atoms with Gasteiger partial charge in [0.2, 0.25) is 0 Å². The number of phenols is 1. The molecule has 0 spiro atoms. The van der Waals surface area contributed by atoms with E-state index < -0.39 is 15.0 Å². The summed E-state index contributed by atoms with van der Waals surface area (Å²) in [7, 11) is -4.55. The topological polar surface area (TPSA) is 125 Å². The number of hydrogen-bond acceptors (Lipinski definition) is 7. The van der Waals surface area contributed by atoms with Crippen molar-refractivity contribution < 1.29 is 18.1 Å². The molecule has 0 atom stereocenters. The van der Waals surface area contributed by atoms with Gasteiger partial charge in [-0.3, -0.25) is 14.5 Å². The molecule has 2 heterocycles. The zero-order chi connectivity index (χ0) is 19.0. The number of hydrogen-bond donors (Lipinski definition) is 2. The van der Waals surface area contributed by atoms with Crippen LogP contribution in [0.25, 0.3) is 21.8 Å². The maximum atomic E-state index is 11.7. The van der Waals surface area contributed by atoms with E-state index in [0.29, 0.717) is 5.69 Å². The fourth-order valence-electron chi connectivity index (χ4n) is 2.76. The molecule has 0 aliphatic heterocycles. The predicted molar refractivity (Wildman–Crippen MR) is 99.1 cm³/mol. The summed E-state index contributed by atoms with van der Waals surface area (Å²) in [5.41, 5.74) is 1.09. The summed E-state index contributed by atoms with van der Waals surface area (Å²) < 4.78 is 33.0. The maximum absolute atomic E-state index is 11.7. The second kappa shape index (κ2) is 6.38. The Morgan fingerprint density at radius 2 is 1.56 bits per heavy atom. The van der Waals surface area contributed by atoms with Gasteiger partial charge in [-0.1, -0.05) is 6.07 Å². The van der Waals surface area contributed by atoms with Crippen LogP contribution in [0.5, 0.6) is 5.75 Å². The van der Waals surface area contributed by atoms with Gasteiger partial charge in [-0.05, 0) is 42.5 Å².